The van der Waals surface area contributed by atoms with Crippen molar-refractivity contribution in [3.63, 3.8) is 0 Å². The summed E-state index contributed by atoms with van der Waals surface area (Å²) in [5, 5.41) is 20.4. The van der Waals surface area contributed by atoms with E-state index in [1.54, 1.807) is 0 Å². The van der Waals surface area contributed by atoms with E-state index in [1.165, 1.54) is 27.8 Å². The van der Waals surface area contributed by atoms with Crippen LogP contribution in [0.1, 0.15) is 51.9 Å². The predicted octanol–water partition coefficient (Wildman–Crippen LogP) is 7.39. The molecule has 0 fully saturated rings. The van der Waals surface area contributed by atoms with E-state index in [0.717, 1.165) is 33.3 Å². The van der Waals surface area contributed by atoms with Crippen LogP contribution in [0.5, 0.6) is 5.88 Å². The summed E-state index contributed by atoms with van der Waals surface area (Å²) < 4.78 is 0. The maximum absolute atomic E-state index is 10.4. The molecule has 0 bridgehead atoms. The third kappa shape index (κ3) is 3.14. The van der Waals surface area contributed by atoms with Crippen molar-refractivity contribution in [3.8, 4) is 5.88 Å². The number of nitrogens with one attached hydrogen (secondary N) is 1. The predicted molar refractivity (Wildman–Crippen MR) is 115 cm³/mol. The van der Waals surface area contributed by atoms with Crippen LogP contribution in [0.25, 0.3) is 10.9 Å². The Morgan fingerprint density at radius 2 is 1.15 bits per heavy atom. The van der Waals surface area contributed by atoms with Gasteiger partial charge in [0.25, 0.3) is 0 Å². The monoisotopic (exact) mass is 365 g/mol. The second kappa shape index (κ2) is 7.18. The Kier molecular flexibility index (Phi) is 5.50. The number of aromatic amines is 1. The van der Waals surface area contributed by atoms with E-state index in [9.17, 15) is 5.11 Å². The van der Waals surface area contributed by atoms with Gasteiger partial charge in [0.15, 0.2) is 5.69 Å². The number of hydrogen-bond acceptors (Lipinski definition) is 3. The first-order chi connectivity index (χ1) is 12.1. The van der Waals surface area contributed by atoms with Gasteiger partial charge in [-0.1, -0.05) is 7.43 Å². The zero-order valence-electron chi connectivity index (χ0n) is 16.9. The molecule has 4 nitrogen and oxygen atoms in total. The van der Waals surface area contributed by atoms with Crippen molar-refractivity contribution in [2.45, 2.75) is 62.8 Å². The highest BCUT2D eigenvalue weighted by Crippen LogP contribution is 2.41. The van der Waals surface area contributed by atoms with Crippen molar-refractivity contribution >= 4 is 22.3 Å². The molecule has 0 aliphatic heterocycles. The van der Waals surface area contributed by atoms with Crippen molar-refractivity contribution in [2.75, 3.05) is 0 Å². The summed E-state index contributed by atoms with van der Waals surface area (Å²) in [6, 6.07) is 2.05. The smallest absolute Gasteiger partial charge is 0.218 e. The van der Waals surface area contributed by atoms with Crippen molar-refractivity contribution in [1.29, 1.82) is 0 Å². The molecule has 0 unspecified atom stereocenters. The highest BCUT2D eigenvalue weighted by atomic mass is 16.3. The van der Waals surface area contributed by atoms with Crippen molar-refractivity contribution in [2.24, 2.45) is 10.2 Å². The molecule has 144 valence electrons. The zero-order valence-corrected chi connectivity index (χ0v) is 16.9. The summed E-state index contributed by atoms with van der Waals surface area (Å²) in [5.41, 5.74) is 11.9. The molecule has 3 aromatic rings. The molecule has 1 heterocycles. The van der Waals surface area contributed by atoms with Crippen LogP contribution in [0.2, 0.25) is 0 Å². The number of rotatable bonds is 2. The molecular weight excluding hydrogens is 334 g/mol. The lowest BCUT2D eigenvalue weighted by molar-refractivity contribution is 0.459. The number of aryl methyl sites for hydroxylation is 2. The normalized spacial score (nSPS) is 11.4. The Bertz CT molecular complexity index is 1040. The van der Waals surface area contributed by atoms with E-state index in [4.69, 9.17) is 0 Å². The Morgan fingerprint density at radius 3 is 1.70 bits per heavy atom. The summed E-state index contributed by atoms with van der Waals surface area (Å²) in [4.78, 5) is 3.04. The molecule has 0 atom stereocenters. The second-order valence-electron chi connectivity index (χ2n) is 7.36. The van der Waals surface area contributed by atoms with Gasteiger partial charge in [0.1, 0.15) is 0 Å². The molecule has 1 aromatic heterocycles. The van der Waals surface area contributed by atoms with Crippen LogP contribution in [0.3, 0.4) is 0 Å². The van der Waals surface area contributed by atoms with Crippen LogP contribution >= 0.6 is 0 Å². The number of hydrogen-bond donors (Lipinski definition) is 2. The molecule has 0 saturated heterocycles. The minimum atomic E-state index is 0. The van der Waals surface area contributed by atoms with Gasteiger partial charge in [0.2, 0.25) is 5.88 Å². The lowest BCUT2D eigenvalue weighted by Gasteiger charge is -2.14. The van der Waals surface area contributed by atoms with Gasteiger partial charge in [-0.25, -0.2) is 0 Å². The van der Waals surface area contributed by atoms with Gasteiger partial charge in [-0.05, 0) is 106 Å². The Morgan fingerprint density at radius 1 is 0.667 bits per heavy atom. The van der Waals surface area contributed by atoms with Gasteiger partial charge in [0.05, 0.1) is 11.2 Å². The van der Waals surface area contributed by atoms with Crippen molar-refractivity contribution in [1.82, 2.24) is 4.98 Å². The summed E-state index contributed by atoms with van der Waals surface area (Å²) in [6.07, 6.45) is 0. The zero-order chi connectivity index (χ0) is 19.3. The van der Waals surface area contributed by atoms with Crippen LogP contribution in [-0.4, -0.2) is 10.1 Å². The number of H-pyrrole nitrogens is 1. The first-order valence-corrected chi connectivity index (χ1v) is 8.95. The molecule has 0 radical (unpaired) electrons. The Labute approximate surface area is 162 Å². The molecule has 0 amide bonds. The molecule has 0 aliphatic rings. The van der Waals surface area contributed by atoms with Crippen molar-refractivity contribution < 1.29 is 5.11 Å². The Balaban J connectivity index is 0.00000261. The van der Waals surface area contributed by atoms with Gasteiger partial charge in [0, 0.05) is 5.39 Å². The average molecular weight is 366 g/mol. The third-order valence-corrected chi connectivity index (χ3v) is 6.08. The summed E-state index contributed by atoms with van der Waals surface area (Å²) in [5.74, 6) is 0.0627. The van der Waals surface area contributed by atoms with E-state index >= 15 is 0 Å². The fraction of sp³-hybridized carbons (Fsp3) is 0.391. The first-order valence-electron chi connectivity index (χ1n) is 8.95. The minimum Gasteiger partial charge on any atom is -0.493 e. The van der Waals surface area contributed by atoms with Gasteiger partial charge in [-0.3, -0.25) is 0 Å². The average Bonchev–Trinajstić information content (AvgIpc) is 2.91. The third-order valence-electron chi connectivity index (χ3n) is 6.08. The summed E-state index contributed by atoms with van der Waals surface area (Å²) >= 11 is 0. The summed E-state index contributed by atoms with van der Waals surface area (Å²) in [7, 11) is 0. The summed E-state index contributed by atoms with van der Waals surface area (Å²) in [6.45, 7) is 16.8. The quantitative estimate of drug-likeness (QED) is 0.457. The highest BCUT2D eigenvalue weighted by Gasteiger charge is 2.17. The molecule has 27 heavy (non-hydrogen) atoms. The molecule has 0 spiro atoms. The van der Waals surface area contributed by atoms with Gasteiger partial charge < -0.3 is 10.1 Å². The fourth-order valence-electron chi connectivity index (χ4n) is 3.62. The molecule has 3 rings (SSSR count). The molecule has 2 aromatic carbocycles. The topological polar surface area (TPSA) is 60.7 Å². The molecule has 4 heteroatoms. The van der Waals surface area contributed by atoms with Crippen LogP contribution in [0, 0.1) is 55.4 Å². The van der Waals surface area contributed by atoms with E-state index < -0.39 is 0 Å². The van der Waals surface area contributed by atoms with Gasteiger partial charge in [-0.15, -0.1) is 10.2 Å². The number of aromatic nitrogens is 1. The number of azo groups is 1. The van der Waals surface area contributed by atoms with E-state index in [1.807, 2.05) is 6.07 Å². The largest absolute Gasteiger partial charge is 0.493 e. The Hall–Kier alpha value is -2.62. The molecule has 2 N–H and O–H groups in total. The maximum atomic E-state index is 10.4. The van der Waals surface area contributed by atoms with Crippen molar-refractivity contribution in [3.05, 3.63) is 50.6 Å². The standard InChI is InChI=1S/C22H27N3O.CH4/c1-10-9-18-19(15(6)11(10)2)21(22(26)23-18)25-24-20-16(7)13(4)12(3)14(5)17(20)8;/h9,23,26H,1-8H3;1H4. The van der Waals surface area contributed by atoms with Crippen LogP contribution in [0.15, 0.2) is 16.3 Å². The number of nitrogens with zero attached hydrogens (tertiary/aromatic N) is 2. The lowest BCUT2D eigenvalue weighted by Crippen LogP contribution is -1.95. The van der Waals surface area contributed by atoms with Gasteiger partial charge >= 0.3 is 0 Å². The number of benzene rings is 2. The first kappa shape index (κ1) is 20.7. The fourth-order valence-corrected chi connectivity index (χ4v) is 3.62. The van der Waals surface area contributed by atoms with E-state index in [0.29, 0.717) is 5.69 Å². The number of aromatic hydroxyl groups is 1. The minimum absolute atomic E-state index is 0. The van der Waals surface area contributed by atoms with Crippen LogP contribution in [-0.2, 0) is 0 Å². The molecular formula is C23H31N3O. The van der Waals surface area contributed by atoms with Crippen LogP contribution in [0.4, 0.5) is 11.4 Å². The lowest BCUT2D eigenvalue weighted by atomic mass is 9.93. The van der Waals surface area contributed by atoms with E-state index in [2.05, 4.69) is 70.6 Å². The second-order valence-corrected chi connectivity index (χ2v) is 7.36. The molecule has 0 aliphatic carbocycles. The molecule has 0 saturated carbocycles. The highest BCUT2D eigenvalue weighted by molar-refractivity contribution is 5.98. The SMILES string of the molecule is C.Cc1cc2[nH]c(O)c(N=Nc3c(C)c(C)c(C)c(C)c3C)c2c(C)c1C. The van der Waals surface area contributed by atoms with Gasteiger partial charge in [-0.2, -0.15) is 0 Å². The van der Waals surface area contributed by atoms with E-state index in [-0.39, 0.29) is 13.3 Å². The number of fused-ring (bicyclic) bond motifs is 1. The maximum Gasteiger partial charge on any atom is 0.218 e. The van der Waals surface area contributed by atoms with Crippen LogP contribution < -0.4 is 0 Å².